The van der Waals surface area contributed by atoms with Crippen LogP contribution in [0.2, 0.25) is 0 Å². The van der Waals surface area contributed by atoms with Crippen LogP contribution in [0.25, 0.3) is 10.2 Å². The van der Waals surface area contributed by atoms with Gasteiger partial charge in [-0.25, -0.2) is 4.98 Å². The number of ether oxygens (including phenoxy) is 1. The van der Waals surface area contributed by atoms with Gasteiger partial charge in [0.1, 0.15) is 11.4 Å². The third-order valence-electron chi connectivity index (χ3n) is 4.18. The third kappa shape index (κ3) is 4.06. The van der Waals surface area contributed by atoms with Gasteiger partial charge in [0, 0.05) is 10.4 Å². The molecule has 1 amide bonds. The minimum Gasteiger partial charge on any atom is -0.453 e. The second-order valence-electron chi connectivity index (χ2n) is 6.10. The van der Waals surface area contributed by atoms with Gasteiger partial charge in [-0.15, -0.1) is 11.3 Å². The summed E-state index contributed by atoms with van der Waals surface area (Å²) in [6, 6.07) is 8.58. The quantitative estimate of drug-likeness (QED) is 0.658. The van der Waals surface area contributed by atoms with Crippen LogP contribution in [0, 0.1) is 13.8 Å². The van der Waals surface area contributed by atoms with Gasteiger partial charge < -0.3 is 15.0 Å². The molecule has 3 rings (SSSR count). The number of carbonyl (C=O) groups excluding carboxylic acids is 2. The van der Waals surface area contributed by atoms with Crippen LogP contribution in [-0.4, -0.2) is 28.4 Å². The number of rotatable bonds is 5. The van der Waals surface area contributed by atoms with Gasteiger partial charge in [-0.1, -0.05) is 18.2 Å². The summed E-state index contributed by atoms with van der Waals surface area (Å²) < 4.78 is 5.28. The molecule has 140 valence electrons. The standard InChI is InChI=1S/C19H19N3O4S/c1-10-12(3)27-19-15(10)18(25)21-16(22-19)11(2)26-14(23)9-20-17(24)13-7-5-4-6-8-13/h4-8,11H,9H2,1-3H3,(H,20,24)(H,21,22,25)/t11-/m0/s1. The maximum absolute atomic E-state index is 12.3. The summed E-state index contributed by atoms with van der Waals surface area (Å²) in [5, 5.41) is 3.07. The number of carbonyl (C=O) groups is 2. The number of thiophene rings is 1. The number of benzene rings is 1. The van der Waals surface area contributed by atoms with Crippen molar-refractivity contribution < 1.29 is 14.3 Å². The molecule has 1 atom stereocenters. The third-order valence-corrected chi connectivity index (χ3v) is 5.28. The minimum atomic E-state index is -0.745. The number of nitrogens with zero attached hydrogens (tertiary/aromatic N) is 1. The molecule has 8 heteroatoms. The number of aromatic nitrogens is 2. The summed E-state index contributed by atoms with van der Waals surface area (Å²) in [5.41, 5.74) is 1.11. The highest BCUT2D eigenvalue weighted by molar-refractivity contribution is 7.18. The molecule has 3 aromatic rings. The number of hydrogen-bond acceptors (Lipinski definition) is 6. The van der Waals surface area contributed by atoms with E-state index in [0.29, 0.717) is 15.8 Å². The molecule has 0 unspecified atom stereocenters. The molecule has 1 aromatic carbocycles. The van der Waals surface area contributed by atoms with Crippen molar-refractivity contribution in [3.63, 3.8) is 0 Å². The van der Waals surface area contributed by atoms with Gasteiger partial charge in [0.05, 0.1) is 5.39 Å². The van der Waals surface area contributed by atoms with E-state index in [4.69, 9.17) is 4.74 Å². The Hall–Kier alpha value is -3.00. The molecular formula is C19H19N3O4S. The van der Waals surface area contributed by atoms with Crippen molar-refractivity contribution in [2.24, 2.45) is 0 Å². The van der Waals surface area contributed by atoms with Crippen LogP contribution in [0.15, 0.2) is 35.1 Å². The van der Waals surface area contributed by atoms with Gasteiger partial charge >= 0.3 is 5.97 Å². The van der Waals surface area contributed by atoms with Gasteiger partial charge in [0.25, 0.3) is 11.5 Å². The Bertz CT molecular complexity index is 1060. The maximum atomic E-state index is 12.3. The SMILES string of the molecule is Cc1sc2nc([C@H](C)OC(=O)CNC(=O)c3ccccc3)[nH]c(=O)c2c1C. The van der Waals surface area contributed by atoms with Crippen LogP contribution in [0.1, 0.15) is 39.7 Å². The molecule has 2 aromatic heterocycles. The number of amides is 1. The van der Waals surface area contributed by atoms with Gasteiger partial charge in [0.2, 0.25) is 0 Å². The first kappa shape index (κ1) is 18.8. The lowest BCUT2D eigenvalue weighted by Gasteiger charge is -2.13. The molecule has 0 radical (unpaired) electrons. The first-order valence-corrected chi connectivity index (χ1v) is 9.21. The number of hydrogen-bond donors (Lipinski definition) is 2. The van der Waals surface area contributed by atoms with Crippen molar-refractivity contribution in [3.05, 3.63) is 62.5 Å². The van der Waals surface area contributed by atoms with Crippen LogP contribution in [0.5, 0.6) is 0 Å². The van der Waals surface area contributed by atoms with Gasteiger partial charge in [-0.05, 0) is 38.5 Å². The fraction of sp³-hybridized carbons (Fsp3) is 0.263. The van der Waals surface area contributed by atoms with Gasteiger partial charge in [0.15, 0.2) is 11.9 Å². The topological polar surface area (TPSA) is 101 Å². The molecule has 2 heterocycles. The lowest BCUT2D eigenvalue weighted by atomic mass is 10.2. The molecule has 2 N–H and O–H groups in total. The molecule has 27 heavy (non-hydrogen) atoms. The molecule has 0 fully saturated rings. The van der Waals surface area contributed by atoms with Crippen molar-refractivity contribution in [1.29, 1.82) is 0 Å². The van der Waals surface area contributed by atoms with Crippen LogP contribution < -0.4 is 10.9 Å². The van der Waals surface area contributed by atoms with Gasteiger partial charge in [-0.3, -0.25) is 14.4 Å². The highest BCUT2D eigenvalue weighted by Gasteiger charge is 2.18. The fourth-order valence-corrected chi connectivity index (χ4v) is 3.64. The second-order valence-corrected chi connectivity index (χ2v) is 7.30. The summed E-state index contributed by atoms with van der Waals surface area (Å²) in [6.07, 6.45) is -0.745. The largest absolute Gasteiger partial charge is 0.453 e. The van der Waals surface area contributed by atoms with Crippen molar-refractivity contribution in [3.8, 4) is 0 Å². The predicted molar refractivity (Wildman–Crippen MR) is 103 cm³/mol. The van der Waals surface area contributed by atoms with E-state index in [1.807, 2.05) is 13.8 Å². The minimum absolute atomic E-state index is 0.253. The lowest BCUT2D eigenvalue weighted by Crippen LogP contribution is -2.31. The number of aromatic amines is 1. The Labute approximate surface area is 159 Å². The Kier molecular flexibility index (Phi) is 5.36. The van der Waals surface area contributed by atoms with Crippen molar-refractivity contribution in [2.75, 3.05) is 6.54 Å². The van der Waals surface area contributed by atoms with E-state index < -0.39 is 12.1 Å². The Morgan fingerprint density at radius 2 is 1.96 bits per heavy atom. The predicted octanol–water partition coefficient (Wildman–Crippen LogP) is 2.64. The highest BCUT2D eigenvalue weighted by atomic mass is 32.1. The molecule has 0 spiro atoms. The van der Waals surface area contributed by atoms with E-state index in [2.05, 4.69) is 15.3 Å². The molecule has 0 aliphatic rings. The Balaban J connectivity index is 1.65. The van der Waals surface area contributed by atoms with Crippen LogP contribution >= 0.6 is 11.3 Å². The summed E-state index contributed by atoms with van der Waals surface area (Å²) in [4.78, 5) is 45.0. The number of esters is 1. The van der Waals surface area contributed by atoms with Crippen molar-refractivity contribution in [1.82, 2.24) is 15.3 Å². The summed E-state index contributed by atoms with van der Waals surface area (Å²) >= 11 is 1.43. The van der Waals surface area contributed by atoms with Crippen molar-refractivity contribution in [2.45, 2.75) is 26.9 Å². The van der Waals surface area contributed by atoms with Crippen molar-refractivity contribution >= 4 is 33.4 Å². The fourth-order valence-electron chi connectivity index (χ4n) is 2.60. The first-order valence-electron chi connectivity index (χ1n) is 8.39. The summed E-state index contributed by atoms with van der Waals surface area (Å²) in [6.45, 7) is 5.15. The second kappa shape index (κ2) is 7.71. The molecule has 0 aliphatic heterocycles. The lowest BCUT2D eigenvalue weighted by molar-refractivity contribution is -0.147. The molecule has 0 saturated carbocycles. The molecule has 0 saturated heterocycles. The Morgan fingerprint density at radius 1 is 1.26 bits per heavy atom. The van der Waals surface area contributed by atoms with Crippen LogP contribution in [0.4, 0.5) is 0 Å². The van der Waals surface area contributed by atoms with Crippen LogP contribution in [0.3, 0.4) is 0 Å². The highest BCUT2D eigenvalue weighted by Crippen LogP contribution is 2.26. The van der Waals surface area contributed by atoms with E-state index in [-0.39, 0.29) is 23.8 Å². The first-order chi connectivity index (χ1) is 12.9. The molecule has 0 bridgehead atoms. The average molecular weight is 385 g/mol. The Morgan fingerprint density at radius 3 is 2.67 bits per heavy atom. The van der Waals surface area contributed by atoms with E-state index >= 15 is 0 Å². The average Bonchev–Trinajstić information content (AvgIpc) is 2.94. The monoisotopic (exact) mass is 385 g/mol. The summed E-state index contributed by atoms with van der Waals surface area (Å²) in [5.74, 6) is -0.706. The number of aryl methyl sites for hydroxylation is 2. The zero-order valence-corrected chi connectivity index (χ0v) is 16.0. The zero-order chi connectivity index (χ0) is 19.6. The van der Waals surface area contributed by atoms with Crippen LogP contribution in [-0.2, 0) is 9.53 Å². The molecule has 0 aliphatic carbocycles. The summed E-state index contributed by atoms with van der Waals surface area (Å²) in [7, 11) is 0. The maximum Gasteiger partial charge on any atom is 0.326 e. The number of H-pyrrole nitrogens is 1. The number of nitrogens with one attached hydrogen (secondary N) is 2. The van der Waals surface area contributed by atoms with E-state index in [9.17, 15) is 14.4 Å². The zero-order valence-electron chi connectivity index (χ0n) is 15.2. The van der Waals surface area contributed by atoms with E-state index in [1.54, 1.807) is 37.3 Å². The normalized spacial score (nSPS) is 12.0. The molecule has 7 nitrogen and oxygen atoms in total. The molecular weight excluding hydrogens is 366 g/mol. The number of fused-ring (bicyclic) bond motifs is 1. The van der Waals surface area contributed by atoms with Gasteiger partial charge in [-0.2, -0.15) is 0 Å². The van der Waals surface area contributed by atoms with E-state index in [0.717, 1.165) is 10.4 Å². The smallest absolute Gasteiger partial charge is 0.326 e. The van der Waals surface area contributed by atoms with E-state index in [1.165, 1.54) is 11.3 Å².